The van der Waals surface area contributed by atoms with Crippen LogP contribution in [0.25, 0.3) is 0 Å². The summed E-state index contributed by atoms with van der Waals surface area (Å²) in [4.78, 5) is 14.4. The van der Waals surface area contributed by atoms with E-state index in [-0.39, 0.29) is 35.7 Å². The number of fused-ring (bicyclic) bond motifs is 1. The highest BCUT2D eigenvalue weighted by Gasteiger charge is 2.42. The first-order valence-corrected chi connectivity index (χ1v) is 10.4. The number of hydrogen-bond donors (Lipinski definition) is 1. The molecule has 0 spiro atoms. The highest BCUT2D eigenvalue weighted by atomic mass is 16.5. The van der Waals surface area contributed by atoms with Crippen molar-refractivity contribution in [1.29, 1.82) is 0 Å². The topological polar surface area (TPSA) is 65.4 Å². The molecule has 0 radical (unpaired) electrons. The Morgan fingerprint density at radius 3 is 2.63 bits per heavy atom. The Hall–Kier alpha value is -3.28. The second-order valence-corrected chi connectivity index (χ2v) is 8.17. The van der Waals surface area contributed by atoms with E-state index in [0.29, 0.717) is 12.6 Å². The number of rotatable bonds is 5. The van der Waals surface area contributed by atoms with Crippen LogP contribution in [0.1, 0.15) is 36.3 Å². The lowest BCUT2D eigenvalue weighted by Crippen LogP contribution is -2.54. The van der Waals surface area contributed by atoms with E-state index < -0.39 is 0 Å². The Morgan fingerprint density at radius 2 is 1.87 bits per heavy atom. The van der Waals surface area contributed by atoms with Gasteiger partial charge in [-0.1, -0.05) is 42.5 Å². The lowest BCUT2D eigenvalue weighted by molar-refractivity contribution is -0.132. The largest absolute Gasteiger partial charge is 0.509 e. The molecule has 6 nitrogen and oxygen atoms in total. The van der Waals surface area contributed by atoms with Crippen LogP contribution in [0.2, 0.25) is 0 Å². The van der Waals surface area contributed by atoms with Crippen LogP contribution in [0.15, 0.2) is 71.2 Å². The van der Waals surface area contributed by atoms with E-state index in [0.717, 1.165) is 29.7 Å². The monoisotopic (exact) mass is 403 g/mol. The third-order valence-corrected chi connectivity index (χ3v) is 5.91. The Labute approximate surface area is 176 Å². The summed E-state index contributed by atoms with van der Waals surface area (Å²) in [6.45, 7) is 0.500. The fourth-order valence-electron chi connectivity index (χ4n) is 4.30. The molecule has 30 heavy (non-hydrogen) atoms. The van der Waals surface area contributed by atoms with E-state index in [4.69, 9.17) is 4.74 Å². The summed E-state index contributed by atoms with van der Waals surface area (Å²) < 4.78 is 6.04. The van der Waals surface area contributed by atoms with Crippen molar-refractivity contribution < 1.29 is 14.6 Å². The molecule has 0 aromatic heterocycles. The maximum absolute atomic E-state index is 12.8. The molecule has 2 heterocycles. The van der Waals surface area contributed by atoms with Gasteiger partial charge in [-0.05, 0) is 36.1 Å². The zero-order chi connectivity index (χ0) is 20.7. The van der Waals surface area contributed by atoms with Gasteiger partial charge in [0, 0.05) is 32.1 Å². The van der Waals surface area contributed by atoms with Crippen molar-refractivity contribution in [3.05, 3.63) is 77.2 Å². The van der Waals surface area contributed by atoms with E-state index in [1.54, 1.807) is 23.2 Å². The highest BCUT2D eigenvalue weighted by Crippen LogP contribution is 2.39. The maximum atomic E-state index is 12.8. The molecule has 2 aliphatic heterocycles. The first kappa shape index (κ1) is 18.7. The van der Waals surface area contributed by atoms with Gasteiger partial charge in [0.2, 0.25) is 0 Å². The number of hydrazone groups is 1. The molecule has 2 aromatic rings. The normalized spacial score (nSPS) is 22.2. The minimum atomic E-state index is -0.196. The van der Waals surface area contributed by atoms with Crippen molar-refractivity contribution in [3.8, 4) is 5.75 Å². The zero-order valence-electron chi connectivity index (χ0n) is 16.9. The molecule has 2 fully saturated rings. The minimum absolute atomic E-state index is 0.0532. The van der Waals surface area contributed by atoms with E-state index in [9.17, 15) is 9.90 Å². The average molecular weight is 403 g/mol. The molecule has 154 valence electrons. The van der Waals surface area contributed by atoms with Crippen molar-refractivity contribution in [3.63, 3.8) is 0 Å². The number of aliphatic hydroxyl groups is 1. The number of ether oxygens (including phenoxy) is 1. The lowest BCUT2D eigenvalue weighted by Gasteiger charge is -2.44. The number of likely N-dealkylation sites (N-methyl/N-ethyl adjacent to an activating group) is 1. The van der Waals surface area contributed by atoms with Gasteiger partial charge < -0.3 is 14.7 Å². The standard InChI is InChI=1S/C24H25N3O3/c1-26-15-20(27-23(24(26)29)21(28)12-13-25-27)22(16-6-3-2-4-7-16)17-8-5-9-19(14-17)30-18-10-11-18/h2-9,13-14,18,20,22,28H,10-12,15H2,1H3/t20-,22+/m1/s1. The van der Waals surface area contributed by atoms with Crippen LogP contribution in [-0.2, 0) is 4.79 Å². The summed E-state index contributed by atoms with van der Waals surface area (Å²) in [5.74, 6) is 0.696. The molecule has 0 unspecified atom stereocenters. The van der Waals surface area contributed by atoms with Gasteiger partial charge in [-0.25, -0.2) is 0 Å². The van der Waals surface area contributed by atoms with Gasteiger partial charge in [-0.2, -0.15) is 5.10 Å². The lowest BCUT2D eigenvalue weighted by atomic mass is 9.83. The van der Waals surface area contributed by atoms with Crippen molar-refractivity contribution in [2.75, 3.05) is 13.6 Å². The van der Waals surface area contributed by atoms with Gasteiger partial charge in [0.15, 0.2) is 5.70 Å². The van der Waals surface area contributed by atoms with Crippen molar-refractivity contribution in [1.82, 2.24) is 9.91 Å². The summed E-state index contributed by atoms with van der Waals surface area (Å²) in [5, 5.41) is 16.7. The molecule has 3 aliphatic rings. The number of hydrogen-bond acceptors (Lipinski definition) is 5. The molecule has 0 bridgehead atoms. The Morgan fingerprint density at radius 1 is 1.10 bits per heavy atom. The molecule has 6 heteroatoms. The molecule has 1 N–H and O–H groups in total. The first-order chi connectivity index (χ1) is 14.6. The van der Waals surface area contributed by atoms with E-state index in [1.165, 1.54) is 0 Å². The molecule has 5 rings (SSSR count). The van der Waals surface area contributed by atoms with Crippen LogP contribution in [0.4, 0.5) is 0 Å². The van der Waals surface area contributed by atoms with Crippen LogP contribution in [0.3, 0.4) is 0 Å². The number of benzene rings is 2. The van der Waals surface area contributed by atoms with Crippen LogP contribution in [0.5, 0.6) is 5.75 Å². The fourth-order valence-corrected chi connectivity index (χ4v) is 4.30. The number of carbonyl (C=O) groups is 1. The third kappa shape index (κ3) is 3.43. The van der Waals surface area contributed by atoms with E-state index in [1.807, 2.05) is 30.3 Å². The van der Waals surface area contributed by atoms with Crippen LogP contribution < -0.4 is 4.74 Å². The quantitative estimate of drug-likeness (QED) is 0.828. The van der Waals surface area contributed by atoms with Crippen molar-refractivity contribution in [2.45, 2.75) is 37.3 Å². The van der Waals surface area contributed by atoms with Crippen LogP contribution >= 0.6 is 0 Å². The van der Waals surface area contributed by atoms with Gasteiger partial charge in [0.05, 0.1) is 12.1 Å². The van der Waals surface area contributed by atoms with E-state index in [2.05, 4.69) is 29.4 Å². The summed E-state index contributed by atoms with van der Waals surface area (Å²) >= 11 is 0. The molecule has 2 atom stereocenters. The molecule has 1 saturated carbocycles. The number of nitrogens with zero attached hydrogens (tertiary/aromatic N) is 3. The smallest absolute Gasteiger partial charge is 0.275 e. The summed E-state index contributed by atoms with van der Waals surface area (Å²) in [7, 11) is 1.78. The second kappa shape index (κ2) is 7.52. The number of aliphatic hydroxyl groups excluding tert-OH is 1. The maximum Gasteiger partial charge on any atom is 0.275 e. The second-order valence-electron chi connectivity index (χ2n) is 8.17. The molecule has 1 amide bonds. The number of allylic oxidation sites excluding steroid dienone is 1. The Kier molecular flexibility index (Phi) is 4.69. The minimum Gasteiger partial charge on any atom is -0.509 e. The molecular formula is C24H25N3O3. The molecule has 2 aromatic carbocycles. The molecule has 1 aliphatic carbocycles. The number of piperazine rings is 1. The molecular weight excluding hydrogens is 378 g/mol. The third-order valence-electron chi connectivity index (χ3n) is 5.91. The number of amides is 1. The van der Waals surface area contributed by atoms with Crippen molar-refractivity contribution >= 4 is 12.1 Å². The van der Waals surface area contributed by atoms with E-state index >= 15 is 0 Å². The Balaban J connectivity index is 1.59. The zero-order valence-corrected chi connectivity index (χ0v) is 16.9. The SMILES string of the molecule is CN1C[C@H]([C@@H](c2ccccc2)c2cccc(OC3CC3)c2)N2N=CCC(O)=C2C1=O. The van der Waals surface area contributed by atoms with Gasteiger partial charge in [-0.3, -0.25) is 9.80 Å². The Bertz CT molecular complexity index is 1010. The first-order valence-electron chi connectivity index (χ1n) is 10.4. The van der Waals surface area contributed by atoms with Gasteiger partial charge in [-0.15, -0.1) is 0 Å². The van der Waals surface area contributed by atoms with Crippen LogP contribution in [-0.4, -0.2) is 52.9 Å². The summed E-state index contributed by atoms with van der Waals surface area (Å²) in [6.07, 6.45) is 4.49. The number of carbonyl (C=O) groups excluding carboxylic acids is 1. The van der Waals surface area contributed by atoms with Crippen LogP contribution in [0, 0.1) is 0 Å². The highest BCUT2D eigenvalue weighted by molar-refractivity contribution is 5.95. The fraction of sp³-hybridized carbons (Fsp3) is 0.333. The van der Waals surface area contributed by atoms with Gasteiger partial charge in [0.1, 0.15) is 11.5 Å². The predicted octanol–water partition coefficient (Wildman–Crippen LogP) is 3.66. The van der Waals surface area contributed by atoms with Crippen molar-refractivity contribution in [2.24, 2.45) is 5.10 Å². The predicted molar refractivity (Wildman–Crippen MR) is 114 cm³/mol. The summed E-state index contributed by atoms with van der Waals surface area (Å²) in [6, 6.07) is 18.3. The molecule has 1 saturated heterocycles. The summed E-state index contributed by atoms with van der Waals surface area (Å²) in [5.41, 5.74) is 2.52. The van der Waals surface area contributed by atoms with Gasteiger partial charge in [0.25, 0.3) is 5.91 Å². The van der Waals surface area contributed by atoms with Gasteiger partial charge >= 0.3 is 0 Å². The average Bonchev–Trinajstić information content (AvgIpc) is 3.57.